The summed E-state index contributed by atoms with van der Waals surface area (Å²) in [5.74, 6) is -0.434. The number of hydrazone groups is 2. The minimum absolute atomic E-state index is 0.0142. The number of benzene rings is 3. The molecule has 0 aliphatic rings. The zero-order chi connectivity index (χ0) is 26.5. The molecule has 0 saturated carbocycles. The molecule has 36 heavy (non-hydrogen) atoms. The Labute approximate surface area is 209 Å². The van der Waals surface area contributed by atoms with Crippen molar-refractivity contribution in [2.24, 2.45) is 20.5 Å². The first-order valence-corrected chi connectivity index (χ1v) is 13.5. The summed E-state index contributed by atoms with van der Waals surface area (Å²) >= 11 is 0. The van der Waals surface area contributed by atoms with Gasteiger partial charge in [0.2, 0.25) is 20.0 Å². The van der Waals surface area contributed by atoms with E-state index in [4.69, 9.17) is 10.3 Å². The smallest absolute Gasteiger partial charge is 0.271 e. The third-order valence-electron chi connectivity index (χ3n) is 5.03. The van der Waals surface area contributed by atoms with E-state index in [2.05, 4.69) is 21.1 Å². The zero-order valence-corrected chi connectivity index (χ0v) is 21.0. The second-order valence-electron chi connectivity index (χ2n) is 7.66. The van der Waals surface area contributed by atoms with E-state index in [9.17, 15) is 21.6 Å². The molecule has 3 aromatic carbocycles. The molecule has 0 aliphatic heterocycles. The van der Waals surface area contributed by atoms with Gasteiger partial charge in [-0.1, -0.05) is 24.3 Å². The van der Waals surface area contributed by atoms with E-state index in [-0.39, 0.29) is 9.79 Å². The average molecular weight is 529 g/mol. The van der Waals surface area contributed by atoms with Gasteiger partial charge in [-0.2, -0.15) is 10.2 Å². The van der Waals surface area contributed by atoms with Crippen LogP contribution in [0.2, 0.25) is 0 Å². The normalized spacial score (nSPS) is 12.8. The maximum Gasteiger partial charge on any atom is 0.271 e. The minimum Gasteiger partial charge on any atom is -0.278 e. The molecule has 0 bridgehead atoms. The highest BCUT2D eigenvalue weighted by Gasteiger charge is 2.10. The topological polar surface area (TPSA) is 186 Å². The Balaban J connectivity index is 1.61. The number of amides is 1. The van der Waals surface area contributed by atoms with E-state index in [1.165, 1.54) is 24.3 Å². The van der Waals surface area contributed by atoms with E-state index in [1.807, 2.05) is 0 Å². The van der Waals surface area contributed by atoms with Gasteiger partial charge < -0.3 is 0 Å². The standard InChI is InChI=1S/C23H24N6O5S2/c1-15(17-5-11-21(12-6-17)35(24,31)32)26-28-20-9-3-19(4-10-20)23(30)29-27-16(2)18-7-13-22(14-8-18)36(25,33)34/h3-14,28H,1-2H3,(H,29,30)(H2,24,31,32)(H2,25,33,34)/b26-15+,27-16+. The van der Waals surface area contributed by atoms with E-state index < -0.39 is 26.0 Å². The lowest BCUT2D eigenvalue weighted by Gasteiger charge is -2.06. The molecule has 1 amide bonds. The number of carbonyl (C=O) groups is 1. The molecular formula is C23H24N6O5S2. The van der Waals surface area contributed by atoms with Gasteiger partial charge in [-0.15, -0.1) is 0 Å². The summed E-state index contributed by atoms with van der Waals surface area (Å²) in [4.78, 5) is 12.4. The van der Waals surface area contributed by atoms with Crippen LogP contribution in [0.1, 0.15) is 35.3 Å². The fraction of sp³-hybridized carbons (Fsp3) is 0.0870. The van der Waals surface area contributed by atoms with Crippen LogP contribution in [-0.2, 0) is 20.0 Å². The maximum atomic E-state index is 12.4. The quantitative estimate of drug-likeness (QED) is 0.256. The van der Waals surface area contributed by atoms with E-state index in [1.54, 1.807) is 62.4 Å². The van der Waals surface area contributed by atoms with Crippen molar-refractivity contribution in [2.75, 3.05) is 5.43 Å². The second-order valence-corrected chi connectivity index (χ2v) is 10.8. The highest BCUT2D eigenvalue weighted by atomic mass is 32.2. The average Bonchev–Trinajstić information content (AvgIpc) is 2.85. The molecule has 0 radical (unpaired) electrons. The highest BCUT2D eigenvalue weighted by molar-refractivity contribution is 7.89. The minimum atomic E-state index is -3.79. The Morgan fingerprint density at radius 2 is 1.03 bits per heavy atom. The molecule has 0 aromatic heterocycles. The fourth-order valence-corrected chi connectivity index (χ4v) is 3.98. The van der Waals surface area contributed by atoms with Crippen LogP contribution in [0.4, 0.5) is 5.69 Å². The van der Waals surface area contributed by atoms with Crippen LogP contribution in [0.3, 0.4) is 0 Å². The molecule has 0 atom stereocenters. The van der Waals surface area contributed by atoms with Crippen LogP contribution in [0.15, 0.2) is 92.8 Å². The van der Waals surface area contributed by atoms with Gasteiger partial charge in [0.05, 0.1) is 26.9 Å². The lowest BCUT2D eigenvalue weighted by atomic mass is 10.1. The third kappa shape index (κ3) is 7.05. The number of nitrogens with two attached hydrogens (primary N) is 2. The van der Waals surface area contributed by atoms with E-state index in [0.29, 0.717) is 33.8 Å². The predicted octanol–water partition coefficient (Wildman–Crippen LogP) is 1.97. The van der Waals surface area contributed by atoms with Gasteiger partial charge in [0.15, 0.2) is 0 Å². The molecule has 3 aromatic rings. The van der Waals surface area contributed by atoms with Crippen LogP contribution in [0.25, 0.3) is 0 Å². The molecule has 188 valence electrons. The summed E-state index contributed by atoms with van der Waals surface area (Å²) in [6, 6.07) is 18.3. The van der Waals surface area contributed by atoms with Crippen LogP contribution in [0, 0.1) is 0 Å². The van der Waals surface area contributed by atoms with E-state index in [0.717, 1.165) is 0 Å². The van der Waals surface area contributed by atoms with Gasteiger partial charge in [0.25, 0.3) is 5.91 Å². The summed E-state index contributed by atoms with van der Waals surface area (Å²) in [6.45, 7) is 3.42. The Hall–Kier alpha value is -3.91. The largest absolute Gasteiger partial charge is 0.278 e. The fourth-order valence-electron chi connectivity index (χ4n) is 2.94. The number of hydrogen-bond donors (Lipinski definition) is 4. The zero-order valence-electron chi connectivity index (χ0n) is 19.3. The molecule has 3 rings (SSSR count). The summed E-state index contributed by atoms with van der Waals surface area (Å²) in [7, 11) is -7.55. The predicted molar refractivity (Wildman–Crippen MR) is 138 cm³/mol. The molecule has 0 saturated heterocycles. The van der Waals surface area contributed by atoms with Crippen LogP contribution in [-0.4, -0.2) is 34.2 Å². The number of anilines is 1. The molecule has 0 aliphatic carbocycles. The van der Waals surface area contributed by atoms with Crippen LogP contribution in [0.5, 0.6) is 0 Å². The van der Waals surface area contributed by atoms with Crippen molar-refractivity contribution in [1.82, 2.24) is 5.43 Å². The van der Waals surface area contributed by atoms with Gasteiger partial charge >= 0.3 is 0 Å². The number of hydrogen-bond acceptors (Lipinski definition) is 8. The Bertz CT molecular complexity index is 1530. The first-order valence-electron chi connectivity index (χ1n) is 10.4. The van der Waals surface area contributed by atoms with Gasteiger partial charge in [0.1, 0.15) is 0 Å². The molecule has 0 spiro atoms. The van der Waals surface area contributed by atoms with Crippen molar-refractivity contribution in [3.63, 3.8) is 0 Å². The number of carbonyl (C=O) groups excluding carboxylic acids is 1. The number of sulfonamides is 2. The van der Waals surface area contributed by atoms with Crippen LogP contribution >= 0.6 is 0 Å². The first kappa shape index (κ1) is 26.7. The molecule has 13 heteroatoms. The number of primary sulfonamides is 2. The van der Waals surface area contributed by atoms with Crippen molar-refractivity contribution in [3.8, 4) is 0 Å². The molecular weight excluding hydrogens is 504 g/mol. The maximum absolute atomic E-state index is 12.4. The lowest BCUT2D eigenvalue weighted by Crippen LogP contribution is -2.19. The van der Waals surface area contributed by atoms with Crippen LogP contribution < -0.4 is 21.1 Å². The lowest BCUT2D eigenvalue weighted by molar-refractivity contribution is 0.0955. The van der Waals surface area contributed by atoms with Crippen molar-refractivity contribution in [2.45, 2.75) is 23.6 Å². The Morgan fingerprint density at radius 3 is 1.44 bits per heavy atom. The summed E-state index contributed by atoms with van der Waals surface area (Å²) in [5.41, 5.74) is 8.73. The highest BCUT2D eigenvalue weighted by Crippen LogP contribution is 2.13. The Kier molecular flexibility index (Phi) is 8.00. The van der Waals surface area contributed by atoms with Crippen molar-refractivity contribution >= 4 is 43.1 Å². The molecule has 0 heterocycles. The SMILES string of the molecule is C/C(=N\NC(=O)c1ccc(N/N=C(\C)c2ccc(S(N)(=O)=O)cc2)cc1)c1ccc(S(N)(=O)=O)cc1. The summed E-state index contributed by atoms with van der Waals surface area (Å²) in [6.07, 6.45) is 0. The Morgan fingerprint density at radius 1 is 0.639 bits per heavy atom. The van der Waals surface area contributed by atoms with Gasteiger partial charge in [0, 0.05) is 5.56 Å². The monoisotopic (exact) mass is 528 g/mol. The van der Waals surface area contributed by atoms with Gasteiger partial charge in [-0.3, -0.25) is 10.2 Å². The summed E-state index contributed by atoms with van der Waals surface area (Å²) < 4.78 is 45.4. The molecule has 6 N–H and O–H groups in total. The summed E-state index contributed by atoms with van der Waals surface area (Å²) in [5, 5.41) is 18.5. The van der Waals surface area contributed by atoms with Crippen molar-refractivity contribution in [3.05, 3.63) is 89.5 Å². The van der Waals surface area contributed by atoms with Gasteiger partial charge in [-0.25, -0.2) is 32.5 Å². The van der Waals surface area contributed by atoms with Crippen molar-refractivity contribution < 1.29 is 21.6 Å². The van der Waals surface area contributed by atoms with E-state index >= 15 is 0 Å². The first-order chi connectivity index (χ1) is 16.8. The molecule has 11 nitrogen and oxygen atoms in total. The number of nitrogens with one attached hydrogen (secondary N) is 2. The van der Waals surface area contributed by atoms with Gasteiger partial charge in [-0.05, 0) is 73.5 Å². The van der Waals surface area contributed by atoms with Crippen molar-refractivity contribution in [1.29, 1.82) is 0 Å². The number of rotatable bonds is 8. The molecule has 0 unspecified atom stereocenters. The molecule has 0 fully saturated rings. The number of nitrogens with zero attached hydrogens (tertiary/aromatic N) is 2. The second kappa shape index (κ2) is 10.8. The third-order valence-corrected chi connectivity index (χ3v) is 6.88.